The summed E-state index contributed by atoms with van der Waals surface area (Å²) in [5.41, 5.74) is 0.947. The van der Waals surface area contributed by atoms with Gasteiger partial charge in [-0.25, -0.2) is 13.1 Å². The van der Waals surface area contributed by atoms with Gasteiger partial charge in [0.1, 0.15) is 0 Å². The third-order valence-corrected chi connectivity index (χ3v) is 4.33. The van der Waals surface area contributed by atoms with Gasteiger partial charge in [0.05, 0.1) is 11.9 Å². The Morgan fingerprint density at radius 3 is 2.53 bits per heavy atom. The van der Waals surface area contributed by atoms with E-state index in [-0.39, 0.29) is 10.8 Å². The van der Waals surface area contributed by atoms with E-state index in [1.807, 2.05) is 30.3 Å². The molecule has 1 aromatic rings. The van der Waals surface area contributed by atoms with Crippen molar-refractivity contribution < 1.29 is 13.5 Å². The van der Waals surface area contributed by atoms with Crippen LogP contribution in [0.1, 0.15) is 12.5 Å². The van der Waals surface area contributed by atoms with Crippen LogP contribution >= 0.6 is 11.6 Å². The lowest BCUT2D eigenvalue weighted by molar-refractivity contribution is 0.144. The van der Waals surface area contributed by atoms with Gasteiger partial charge < -0.3 is 5.11 Å². The summed E-state index contributed by atoms with van der Waals surface area (Å²) < 4.78 is 25.7. The van der Waals surface area contributed by atoms with Crippen LogP contribution in [0.5, 0.6) is 0 Å². The number of hydrogen-bond acceptors (Lipinski definition) is 3. The van der Waals surface area contributed by atoms with Crippen molar-refractivity contribution in [3.05, 3.63) is 47.5 Å². The van der Waals surface area contributed by atoms with Gasteiger partial charge >= 0.3 is 0 Å². The molecule has 0 unspecified atom stereocenters. The summed E-state index contributed by atoms with van der Waals surface area (Å²) in [6.45, 7) is 4.96. The maximum absolute atomic E-state index is 11.6. The number of aliphatic hydroxyl groups excluding tert-OH is 1. The van der Waals surface area contributed by atoms with E-state index in [0.717, 1.165) is 5.56 Å². The van der Waals surface area contributed by atoms with Crippen LogP contribution in [0.25, 0.3) is 0 Å². The zero-order chi connectivity index (χ0) is 14.5. The molecule has 2 N–H and O–H groups in total. The number of halogens is 1. The number of rotatable bonds is 7. The summed E-state index contributed by atoms with van der Waals surface area (Å²) in [7, 11) is -3.56. The van der Waals surface area contributed by atoms with E-state index < -0.39 is 22.2 Å². The van der Waals surface area contributed by atoms with Gasteiger partial charge in [-0.15, -0.1) is 0 Å². The topological polar surface area (TPSA) is 66.4 Å². The van der Waals surface area contributed by atoms with Crippen molar-refractivity contribution in [2.24, 2.45) is 0 Å². The van der Waals surface area contributed by atoms with Gasteiger partial charge in [0.25, 0.3) is 0 Å². The van der Waals surface area contributed by atoms with Crippen molar-refractivity contribution >= 4 is 21.6 Å². The molecule has 0 bridgehead atoms. The molecule has 19 heavy (non-hydrogen) atoms. The Kier molecular flexibility index (Phi) is 6.00. The summed E-state index contributed by atoms with van der Waals surface area (Å²) in [6.07, 6.45) is -0.424. The zero-order valence-electron chi connectivity index (χ0n) is 10.7. The molecule has 2 atom stereocenters. The van der Waals surface area contributed by atoms with Gasteiger partial charge in [-0.2, -0.15) is 0 Å². The molecule has 0 radical (unpaired) electrons. The molecular weight excluding hydrogens is 286 g/mol. The Morgan fingerprint density at radius 1 is 1.42 bits per heavy atom. The molecule has 0 aliphatic rings. The fourth-order valence-electron chi connectivity index (χ4n) is 1.64. The lowest BCUT2D eigenvalue weighted by Crippen LogP contribution is -2.43. The highest BCUT2D eigenvalue weighted by atomic mass is 35.5. The van der Waals surface area contributed by atoms with Gasteiger partial charge in [0.15, 0.2) is 0 Å². The Hall–Kier alpha value is -0.880. The lowest BCUT2D eigenvalue weighted by atomic mass is 10.0. The van der Waals surface area contributed by atoms with E-state index in [4.69, 9.17) is 11.6 Å². The molecule has 1 rings (SSSR count). The summed E-state index contributed by atoms with van der Waals surface area (Å²) in [6, 6.07) is 8.79. The smallest absolute Gasteiger partial charge is 0.216 e. The molecule has 0 amide bonds. The largest absolute Gasteiger partial charge is 0.391 e. The first-order chi connectivity index (χ1) is 8.80. The average Bonchev–Trinajstić information content (AvgIpc) is 2.27. The molecule has 0 aromatic heterocycles. The minimum atomic E-state index is -3.56. The van der Waals surface area contributed by atoms with Crippen molar-refractivity contribution in [2.45, 2.75) is 25.5 Å². The van der Waals surface area contributed by atoms with E-state index in [0.29, 0.717) is 6.42 Å². The highest BCUT2D eigenvalue weighted by Crippen LogP contribution is 2.08. The first kappa shape index (κ1) is 16.2. The molecule has 0 fully saturated rings. The van der Waals surface area contributed by atoms with Gasteiger partial charge in [0, 0.05) is 11.1 Å². The summed E-state index contributed by atoms with van der Waals surface area (Å²) in [5, 5.41) is 10.0. The van der Waals surface area contributed by atoms with Crippen LogP contribution in [-0.4, -0.2) is 31.4 Å². The summed E-state index contributed by atoms with van der Waals surface area (Å²) in [4.78, 5) is 0. The number of benzene rings is 1. The average molecular weight is 304 g/mol. The molecule has 1 aromatic carbocycles. The Labute approximate surface area is 119 Å². The van der Waals surface area contributed by atoms with E-state index >= 15 is 0 Å². The molecule has 0 spiro atoms. The van der Waals surface area contributed by atoms with Crippen LogP contribution in [0.3, 0.4) is 0 Å². The molecule has 106 valence electrons. The lowest BCUT2D eigenvalue weighted by Gasteiger charge is -2.20. The van der Waals surface area contributed by atoms with Crippen LogP contribution in [0, 0.1) is 0 Å². The number of aliphatic hydroxyl groups is 1. The van der Waals surface area contributed by atoms with E-state index in [1.54, 1.807) is 6.92 Å². The van der Waals surface area contributed by atoms with E-state index in [9.17, 15) is 13.5 Å². The third kappa shape index (κ3) is 6.20. The predicted molar refractivity (Wildman–Crippen MR) is 77.5 cm³/mol. The molecule has 0 aliphatic carbocycles. The summed E-state index contributed by atoms with van der Waals surface area (Å²) >= 11 is 5.48. The van der Waals surface area contributed by atoms with Gasteiger partial charge in [-0.3, -0.25) is 0 Å². The minimum absolute atomic E-state index is 0.0391. The van der Waals surface area contributed by atoms with Crippen LogP contribution in [-0.2, 0) is 16.4 Å². The van der Waals surface area contributed by atoms with Crippen molar-refractivity contribution in [1.82, 2.24) is 4.72 Å². The quantitative estimate of drug-likeness (QED) is 0.805. The highest BCUT2D eigenvalue weighted by Gasteiger charge is 2.21. The van der Waals surface area contributed by atoms with Crippen molar-refractivity contribution in [1.29, 1.82) is 0 Å². The molecule has 6 heteroatoms. The van der Waals surface area contributed by atoms with Crippen LogP contribution < -0.4 is 4.72 Å². The zero-order valence-corrected chi connectivity index (χ0v) is 12.3. The van der Waals surface area contributed by atoms with Crippen molar-refractivity contribution in [3.63, 3.8) is 0 Å². The maximum atomic E-state index is 11.6. The fraction of sp³-hybridized carbons (Fsp3) is 0.385. The molecular formula is C13H18ClNO3S. The molecule has 0 saturated heterocycles. The second kappa shape index (κ2) is 7.05. The van der Waals surface area contributed by atoms with Crippen molar-refractivity contribution in [2.75, 3.05) is 5.75 Å². The van der Waals surface area contributed by atoms with Crippen LogP contribution in [0.4, 0.5) is 0 Å². The van der Waals surface area contributed by atoms with Gasteiger partial charge in [0.2, 0.25) is 10.0 Å². The number of nitrogens with one attached hydrogen (secondary N) is 1. The molecule has 0 heterocycles. The normalized spacial score (nSPS) is 14.9. The number of sulfonamides is 1. The summed E-state index contributed by atoms with van der Waals surface area (Å²) in [5.74, 6) is -0.350. The van der Waals surface area contributed by atoms with Gasteiger partial charge in [-0.1, -0.05) is 48.5 Å². The standard InChI is InChI=1S/C13H18ClNO3S/c1-10(14)9-19(17,18)15-11(2)13(16)8-12-6-4-3-5-7-12/h3-7,11,13,15-16H,1,8-9H2,2H3/t11-,13+/m0/s1. The molecule has 0 saturated carbocycles. The third-order valence-electron chi connectivity index (χ3n) is 2.58. The second-order valence-corrected chi connectivity index (χ2v) is 6.73. The first-order valence-electron chi connectivity index (χ1n) is 5.85. The number of hydrogen-bond donors (Lipinski definition) is 2. The first-order valence-corrected chi connectivity index (χ1v) is 7.88. The maximum Gasteiger partial charge on any atom is 0.216 e. The van der Waals surface area contributed by atoms with Gasteiger partial charge in [-0.05, 0) is 18.9 Å². The highest BCUT2D eigenvalue weighted by molar-refractivity contribution is 7.89. The van der Waals surface area contributed by atoms with Crippen LogP contribution in [0.2, 0.25) is 0 Å². The van der Waals surface area contributed by atoms with Crippen molar-refractivity contribution in [3.8, 4) is 0 Å². The Bertz CT molecular complexity index is 516. The Balaban J connectivity index is 2.58. The van der Waals surface area contributed by atoms with E-state index in [1.165, 1.54) is 0 Å². The molecule has 0 aliphatic heterocycles. The predicted octanol–water partition coefficient (Wildman–Crippen LogP) is 1.65. The SMILES string of the molecule is C=C(Cl)CS(=O)(=O)N[C@@H](C)[C@H](O)Cc1ccccc1. The van der Waals surface area contributed by atoms with Crippen LogP contribution in [0.15, 0.2) is 41.9 Å². The fourth-order valence-corrected chi connectivity index (χ4v) is 3.29. The second-order valence-electron chi connectivity index (χ2n) is 4.44. The molecule has 4 nitrogen and oxygen atoms in total. The minimum Gasteiger partial charge on any atom is -0.391 e. The Morgan fingerprint density at radius 2 is 2.00 bits per heavy atom. The monoisotopic (exact) mass is 303 g/mol. The van der Waals surface area contributed by atoms with E-state index in [2.05, 4.69) is 11.3 Å².